The number of piperidine rings is 1. The van der Waals surface area contributed by atoms with Crippen LogP contribution < -0.4 is 37.0 Å². The normalized spacial score (nSPS) is 23.1. The van der Waals surface area contributed by atoms with Crippen molar-refractivity contribution in [3.8, 4) is 0 Å². The van der Waals surface area contributed by atoms with Crippen LogP contribution in [0.25, 0.3) is 0 Å². The molecule has 13 heteroatoms. The number of ketones is 1. The fourth-order valence-electron chi connectivity index (χ4n) is 9.06. The minimum Gasteiger partial charge on any atom is -0.369 e. The summed E-state index contributed by atoms with van der Waals surface area (Å²) in [4.78, 5) is 97.6. The van der Waals surface area contributed by atoms with Gasteiger partial charge in [0, 0.05) is 32.2 Å². The zero-order valence-corrected chi connectivity index (χ0v) is 35.1. The number of nitrogens with one attached hydrogen (secondary N) is 4. The van der Waals surface area contributed by atoms with E-state index in [4.69, 9.17) is 0 Å². The number of rotatable bonds is 15. The Bertz CT molecular complexity index is 1720. The highest BCUT2D eigenvalue weighted by Gasteiger charge is 2.70. The highest BCUT2D eigenvalue weighted by Crippen LogP contribution is 2.65. The third-order valence-corrected chi connectivity index (χ3v) is 12.6. The first-order chi connectivity index (χ1) is 25.4. The molecule has 5 amide bonds. The Labute approximate surface area is 326 Å². The molecular formula is C42H66N6O7. The first kappa shape index (κ1) is 43.7. The van der Waals surface area contributed by atoms with Crippen LogP contribution in [0.5, 0.6) is 0 Å². The summed E-state index contributed by atoms with van der Waals surface area (Å²) in [5.74, 6) is -2.45. The molecule has 306 valence electrons. The Hall–Kier alpha value is -4.03. The number of nitrogens with zero attached hydrogens (tertiary/aromatic N) is 2. The molecule has 1 heterocycles. The molecule has 3 fully saturated rings. The number of hydrogen-bond donors (Lipinski definition) is 4. The SMILES string of the molecule is C=CCNC(=O)C(=O)[C@H](CCC)NC(=O)[C@@H]1[C@@H]2[C@H](CN1C(=O)[C@@H](NC(=O)N[C@H](CN(C)c1c(C(C)(C)C)c(=O)c1=O)C(C)(C)C)C1(C)CCCCC1)C2(C)C. The molecule has 2 aliphatic carbocycles. The van der Waals surface area contributed by atoms with E-state index in [-0.39, 0.29) is 42.7 Å². The number of carbonyl (C=O) groups excluding carboxylic acids is 5. The number of carbonyl (C=O) groups is 5. The highest BCUT2D eigenvalue weighted by atomic mass is 16.2. The van der Waals surface area contributed by atoms with Crippen molar-refractivity contribution >= 4 is 35.2 Å². The van der Waals surface area contributed by atoms with Gasteiger partial charge >= 0.3 is 6.03 Å². The minimum atomic E-state index is -1.05. The van der Waals surface area contributed by atoms with Crippen molar-refractivity contribution < 1.29 is 24.0 Å². The van der Waals surface area contributed by atoms with Gasteiger partial charge in [-0.15, -0.1) is 6.58 Å². The third-order valence-electron chi connectivity index (χ3n) is 12.6. The molecule has 0 radical (unpaired) electrons. The van der Waals surface area contributed by atoms with Crippen molar-refractivity contribution in [1.29, 1.82) is 0 Å². The maximum atomic E-state index is 14.9. The third kappa shape index (κ3) is 9.01. The number of fused-ring (bicyclic) bond motifs is 1. The summed E-state index contributed by atoms with van der Waals surface area (Å²) in [7, 11) is 1.75. The van der Waals surface area contributed by atoms with E-state index in [1.165, 1.54) is 6.08 Å². The molecule has 0 spiro atoms. The van der Waals surface area contributed by atoms with Crippen LogP contribution in [-0.2, 0) is 24.6 Å². The van der Waals surface area contributed by atoms with E-state index >= 15 is 0 Å². The van der Waals surface area contributed by atoms with E-state index in [1.807, 2.05) is 55.4 Å². The fourth-order valence-corrected chi connectivity index (χ4v) is 9.06. The molecule has 55 heavy (non-hydrogen) atoms. The van der Waals surface area contributed by atoms with Gasteiger partial charge in [0.15, 0.2) is 0 Å². The Morgan fingerprint density at radius 2 is 1.56 bits per heavy atom. The van der Waals surface area contributed by atoms with Crippen molar-refractivity contribution in [2.75, 3.05) is 31.6 Å². The number of amides is 5. The number of likely N-dealkylation sites (tertiary alicyclic amines) is 1. The van der Waals surface area contributed by atoms with Crippen LogP contribution >= 0.6 is 0 Å². The van der Waals surface area contributed by atoms with Crippen LogP contribution in [0.3, 0.4) is 0 Å². The standard InChI is InChI=1S/C42H66N6O7/c1-13-18-25(31(49)36(53)43-21-14-2)44-35(52)30-27-24(41(27,9)10)22-48(30)37(54)34(42(11)19-16-15-17-20-42)46-38(55)45-26(39(3,4)5)23-47(12)29-28(40(6,7)8)32(50)33(29)51/h14,24-27,30,34H,2,13,15-23H2,1,3-12H3,(H,43,53)(H,44,52)(H2,45,46,55)/t24-,25-,26+,27-,30-,34+/m0/s1. The Balaban J connectivity index is 1.60. The second kappa shape index (κ2) is 16.2. The molecule has 1 aromatic rings. The van der Waals surface area contributed by atoms with Crippen molar-refractivity contribution in [1.82, 2.24) is 26.2 Å². The Morgan fingerprint density at radius 1 is 0.945 bits per heavy atom. The maximum absolute atomic E-state index is 14.9. The lowest BCUT2D eigenvalue weighted by atomic mass is 9.70. The number of anilines is 1. The van der Waals surface area contributed by atoms with Gasteiger partial charge in [0.2, 0.25) is 28.5 Å². The van der Waals surface area contributed by atoms with Gasteiger partial charge in [0.05, 0.1) is 17.8 Å². The number of Topliss-reactive ketones (excluding diaryl/α,β-unsaturated/α-hetero) is 1. The molecule has 3 aliphatic rings. The van der Waals surface area contributed by atoms with Crippen molar-refractivity contribution in [3.63, 3.8) is 0 Å². The maximum Gasteiger partial charge on any atom is 0.315 e. The summed E-state index contributed by atoms with van der Waals surface area (Å²) in [6, 6.07) is -3.89. The van der Waals surface area contributed by atoms with Gasteiger partial charge < -0.3 is 31.1 Å². The molecule has 6 atom stereocenters. The number of hydrogen-bond acceptors (Lipinski definition) is 8. The first-order valence-electron chi connectivity index (χ1n) is 20.1. The molecule has 1 aliphatic heterocycles. The lowest BCUT2D eigenvalue weighted by Gasteiger charge is -2.43. The van der Waals surface area contributed by atoms with Gasteiger partial charge in [-0.05, 0) is 52.8 Å². The van der Waals surface area contributed by atoms with E-state index in [9.17, 15) is 33.6 Å². The van der Waals surface area contributed by atoms with Crippen LogP contribution in [0.4, 0.5) is 10.5 Å². The average Bonchev–Trinajstić information content (AvgIpc) is 3.39. The second-order valence-corrected chi connectivity index (χ2v) is 19.3. The average molecular weight is 767 g/mol. The van der Waals surface area contributed by atoms with Gasteiger partial charge in [-0.2, -0.15) is 0 Å². The van der Waals surface area contributed by atoms with E-state index in [2.05, 4.69) is 41.7 Å². The molecule has 1 aromatic carbocycles. The molecule has 2 saturated carbocycles. The van der Waals surface area contributed by atoms with Crippen LogP contribution in [0.2, 0.25) is 0 Å². The predicted octanol–water partition coefficient (Wildman–Crippen LogP) is 3.71. The highest BCUT2D eigenvalue weighted by molar-refractivity contribution is 6.38. The van der Waals surface area contributed by atoms with Crippen LogP contribution in [0.15, 0.2) is 22.2 Å². The van der Waals surface area contributed by atoms with Gasteiger partial charge in [-0.25, -0.2) is 4.79 Å². The van der Waals surface area contributed by atoms with Crippen LogP contribution in [0.1, 0.15) is 120 Å². The number of urea groups is 1. The molecule has 4 N–H and O–H groups in total. The van der Waals surface area contributed by atoms with E-state index < -0.39 is 74.9 Å². The Kier molecular flexibility index (Phi) is 12.9. The van der Waals surface area contributed by atoms with Crippen molar-refractivity contribution in [2.24, 2.45) is 28.1 Å². The molecule has 0 unspecified atom stereocenters. The molecule has 13 nitrogen and oxygen atoms in total. The minimum absolute atomic E-state index is 0.0613. The van der Waals surface area contributed by atoms with Crippen LogP contribution in [0, 0.1) is 28.1 Å². The smallest absolute Gasteiger partial charge is 0.315 e. The topological polar surface area (TPSA) is 174 Å². The van der Waals surface area contributed by atoms with Gasteiger partial charge in [-0.1, -0.05) is 101 Å². The summed E-state index contributed by atoms with van der Waals surface area (Å²) in [5, 5.41) is 11.5. The summed E-state index contributed by atoms with van der Waals surface area (Å²) < 4.78 is 0. The Morgan fingerprint density at radius 3 is 2.11 bits per heavy atom. The van der Waals surface area contributed by atoms with Crippen molar-refractivity contribution in [2.45, 2.75) is 144 Å². The molecule has 4 rings (SSSR count). The lowest BCUT2D eigenvalue weighted by Crippen LogP contribution is -2.63. The lowest BCUT2D eigenvalue weighted by molar-refractivity contribution is -0.146. The van der Waals surface area contributed by atoms with Gasteiger partial charge in [0.25, 0.3) is 5.91 Å². The summed E-state index contributed by atoms with van der Waals surface area (Å²) in [6.45, 7) is 23.9. The molecule has 0 bridgehead atoms. The second-order valence-electron chi connectivity index (χ2n) is 19.3. The van der Waals surface area contributed by atoms with E-state index in [0.29, 0.717) is 37.1 Å². The number of likely N-dealkylation sites (N-methyl/N-ethyl adjacent to an activating group) is 1. The monoisotopic (exact) mass is 766 g/mol. The zero-order valence-electron chi connectivity index (χ0n) is 35.1. The molecule has 0 aromatic heterocycles. The van der Waals surface area contributed by atoms with Crippen LogP contribution in [-0.4, -0.2) is 85.3 Å². The van der Waals surface area contributed by atoms with E-state index in [0.717, 1.165) is 19.3 Å². The summed E-state index contributed by atoms with van der Waals surface area (Å²) >= 11 is 0. The molecule has 1 saturated heterocycles. The predicted molar refractivity (Wildman–Crippen MR) is 215 cm³/mol. The van der Waals surface area contributed by atoms with Gasteiger partial charge in [-0.3, -0.25) is 28.8 Å². The van der Waals surface area contributed by atoms with Crippen molar-refractivity contribution in [3.05, 3.63) is 38.7 Å². The molecular weight excluding hydrogens is 700 g/mol. The quantitative estimate of drug-likeness (QED) is 0.155. The fraction of sp³-hybridized carbons (Fsp3) is 0.738. The van der Waals surface area contributed by atoms with Gasteiger partial charge in [0.1, 0.15) is 12.1 Å². The zero-order chi connectivity index (χ0) is 41.4. The summed E-state index contributed by atoms with van der Waals surface area (Å²) in [5.41, 5.74) is -1.97. The summed E-state index contributed by atoms with van der Waals surface area (Å²) in [6.07, 6.45) is 6.52. The first-order valence-corrected chi connectivity index (χ1v) is 20.1. The van der Waals surface area contributed by atoms with E-state index in [1.54, 1.807) is 16.8 Å². The largest absolute Gasteiger partial charge is 0.369 e.